The van der Waals surface area contributed by atoms with E-state index in [0.717, 1.165) is 30.5 Å². The Balaban J connectivity index is 1.76. The predicted molar refractivity (Wildman–Crippen MR) is 80.7 cm³/mol. The molecule has 0 saturated carbocycles. The maximum absolute atomic E-state index is 12.6. The fourth-order valence-electron chi connectivity index (χ4n) is 2.99. The molecule has 1 aromatic carbocycles. The first-order valence-corrected chi connectivity index (χ1v) is 7.42. The molecule has 2 aromatic rings. The summed E-state index contributed by atoms with van der Waals surface area (Å²) in [5.74, 6) is 1.55. The number of aromatic amines is 1. The summed E-state index contributed by atoms with van der Waals surface area (Å²) in [5.41, 5.74) is 1.67. The van der Waals surface area contributed by atoms with Gasteiger partial charge in [0, 0.05) is 23.7 Å². The van der Waals surface area contributed by atoms with Gasteiger partial charge in [-0.1, -0.05) is 19.1 Å². The van der Waals surface area contributed by atoms with Crippen molar-refractivity contribution in [3.05, 3.63) is 36.2 Å². The van der Waals surface area contributed by atoms with Gasteiger partial charge in [-0.15, -0.1) is 0 Å². The summed E-state index contributed by atoms with van der Waals surface area (Å²) in [6, 6.07) is 7.86. The molecular weight excluding hydrogens is 264 g/mol. The van der Waals surface area contributed by atoms with Crippen LogP contribution in [0.4, 0.5) is 0 Å². The van der Waals surface area contributed by atoms with Crippen LogP contribution in [0.15, 0.2) is 30.6 Å². The average Bonchev–Trinajstić information content (AvgIpc) is 3.01. The topological polar surface area (TPSA) is 61.9 Å². The first kappa shape index (κ1) is 13.8. The lowest BCUT2D eigenvalue weighted by molar-refractivity contribution is 0.0588. The number of carbonyl (C=O) groups excluding carboxylic acids is 1. The molecule has 110 valence electrons. The van der Waals surface area contributed by atoms with Crippen molar-refractivity contribution in [2.24, 2.45) is 5.92 Å². The molecule has 5 nitrogen and oxygen atoms in total. The van der Waals surface area contributed by atoms with Gasteiger partial charge in [0.25, 0.3) is 5.91 Å². The van der Waals surface area contributed by atoms with E-state index in [0.29, 0.717) is 17.8 Å². The Morgan fingerprint density at radius 3 is 2.67 bits per heavy atom. The van der Waals surface area contributed by atoms with E-state index in [9.17, 15) is 4.79 Å². The van der Waals surface area contributed by atoms with Crippen molar-refractivity contribution in [2.75, 3.05) is 6.54 Å². The fourth-order valence-corrected chi connectivity index (χ4v) is 2.99. The molecule has 1 aromatic heterocycles. The molecule has 0 radical (unpaired) electrons. The summed E-state index contributed by atoms with van der Waals surface area (Å²) < 4.78 is 0. The van der Waals surface area contributed by atoms with Crippen molar-refractivity contribution < 1.29 is 4.79 Å². The third-order valence-electron chi connectivity index (χ3n) is 4.22. The minimum atomic E-state index is 0.124. The minimum Gasteiger partial charge on any atom is -0.336 e. The van der Waals surface area contributed by atoms with Crippen LogP contribution in [0.2, 0.25) is 0 Å². The second kappa shape index (κ2) is 5.68. The average molecular weight is 284 g/mol. The van der Waals surface area contributed by atoms with E-state index in [2.05, 4.69) is 29.0 Å². The van der Waals surface area contributed by atoms with E-state index in [1.165, 1.54) is 6.33 Å². The van der Waals surface area contributed by atoms with Crippen LogP contribution in [-0.4, -0.2) is 38.6 Å². The lowest BCUT2D eigenvalue weighted by Crippen LogP contribution is -2.44. The van der Waals surface area contributed by atoms with Crippen LogP contribution in [0, 0.1) is 5.92 Å². The van der Waals surface area contributed by atoms with Gasteiger partial charge in [-0.05, 0) is 37.8 Å². The number of amides is 1. The van der Waals surface area contributed by atoms with E-state index in [-0.39, 0.29) is 5.91 Å². The van der Waals surface area contributed by atoms with Crippen molar-refractivity contribution >= 4 is 5.91 Å². The number of likely N-dealkylation sites (tertiary alicyclic amines) is 1. The van der Waals surface area contributed by atoms with Gasteiger partial charge in [-0.25, -0.2) is 4.98 Å². The molecule has 0 unspecified atom stereocenters. The monoisotopic (exact) mass is 284 g/mol. The number of nitrogens with one attached hydrogen (secondary N) is 1. The minimum absolute atomic E-state index is 0.124. The first-order valence-electron chi connectivity index (χ1n) is 7.42. The second-order valence-electron chi connectivity index (χ2n) is 5.89. The Hall–Kier alpha value is -2.17. The molecule has 0 aliphatic carbocycles. The quantitative estimate of drug-likeness (QED) is 0.922. The van der Waals surface area contributed by atoms with Gasteiger partial charge >= 0.3 is 0 Å². The van der Waals surface area contributed by atoms with Crippen molar-refractivity contribution in [3.63, 3.8) is 0 Å². The third-order valence-corrected chi connectivity index (χ3v) is 4.22. The molecule has 1 aliphatic heterocycles. The van der Waals surface area contributed by atoms with Crippen molar-refractivity contribution in [1.29, 1.82) is 0 Å². The smallest absolute Gasteiger partial charge is 0.254 e. The number of benzene rings is 1. The lowest BCUT2D eigenvalue weighted by atomic mass is 9.93. The SMILES string of the molecule is C[C@H]1CCN(C(=O)c2ccc(-c3ncn[nH]3)cc2)[C@@H](C)C1. The highest BCUT2D eigenvalue weighted by Gasteiger charge is 2.27. The highest BCUT2D eigenvalue weighted by molar-refractivity contribution is 5.94. The molecule has 0 spiro atoms. The van der Waals surface area contributed by atoms with Gasteiger partial charge in [0.2, 0.25) is 0 Å². The molecule has 3 rings (SSSR count). The third kappa shape index (κ3) is 2.82. The van der Waals surface area contributed by atoms with Crippen LogP contribution >= 0.6 is 0 Å². The summed E-state index contributed by atoms with van der Waals surface area (Å²) in [4.78, 5) is 18.7. The Morgan fingerprint density at radius 2 is 2.05 bits per heavy atom. The number of aromatic nitrogens is 3. The van der Waals surface area contributed by atoms with Gasteiger partial charge < -0.3 is 4.90 Å². The number of piperidine rings is 1. The number of hydrogen-bond acceptors (Lipinski definition) is 3. The standard InChI is InChI=1S/C16H20N4O/c1-11-7-8-20(12(2)9-11)16(21)14-5-3-13(4-6-14)15-17-10-18-19-15/h3-6,10-12H,7-9H2,1-2H3,(H,17,18,19)/t11-,12-/m0/s1. The van der Waals surface area contributed by atoms with E-state index in [4.69, 9.17) is 0 Å². The molecule has 2 atom stereocenters. The van der Waals surface area contributed by atoms with E-state index >= 15 is 0 Å². The Labute approximate surface area is 124 Å². The van der Waals surface area contributed by atoms with Gasteiger partial charge in [0.1, 0.15) is 6.33 Å². The normalized spacial score (nSPS) is 22.3. The van der Waals surface area contributed by atoms with Crippen molar-refractivity contribution in [3.8, 4) is 11.4 Å². The maximum Gasteiger partial charge on any atom is 0.254 e. The number of H-pyrrole nitrogens is 1. The molecule has 5 heteroatoms. The van der Waals surface area contributed by atoms with E-state index in [1.807, 2.05) is 29.2 Å². The molecule has 1 fully saturated rings. The molecule has 1 aliphatic rings. The van der Waals surface area contributed by atoms with Crippen LogP contribution in [0.1, 0.15) is 37.0 Å². The summed E-state index contributed by atoms with van der Waals surface area (Å²) >= 11 is 0. The molecule has 2 heterocycles. The summed E-state index contributed by atoms with van der Waals surface area (Å²) in [7, 11) is 0. The van der Waals surface area contributed by atoms with Crippen molar-refractivity contribution in [1.82, 2.24) is 20.1 Å². The number of hydrogen-bond donors (Lipinski definition) is 1. The summed E-state index contributed by atoms with van der Waals surface area (Å²) in [5, 5.41) is 6.66. The molecule has 0 bridgehead atoms. The van der Waals surface area contributed by atoms with E-state index in [1.54, 1.807) is 0 Å². The van der Waals surface area contributed by atoms with Gasteiger partial charge in [-0.3, -0.25) is 9.89 Å². The van der Waals surface area contributed by atoms with Crippen LogP contribution in [0.3, 0.4) is 0 Å². The lowest BCUT2D eigenvalue weighted by Gasteiger charge is -2.36. The molecule has 1 saturated heterocycles. The highest BCUT2D eigenvalue weighted by atomic mass is 16.2. The van der Waals surface area contributed by atoms with Crippen LogP contribution < -0.4 is 0 Å². The van der Waals surface area contributed by atoms with Gasteiger partial charge in [0.15, 0.2) is 5.82 Å². The summed E-state index contributed by atoms with van der Waals surface area (Å²) in [6.45, 7) is 5.24. The Bertz CT molecular complexity index is 606. The zero-order valence-electron chi connectivity index (χ0n) is 12.4. The predicted octanol–water partition coefficient (Wildman–Crippen LogP) is 2.73. The maximum atomic E-state index is 12.6. The number of rotatable bonds is 2. The number of carbonyl (C=O) groups is 1. The van der Waals surface area contributed by atoms with Gasteiger partial charge in [-0.2, -0.15) is 5.10 Å². The Morgan fingerprint density at radius 1 is 1.29 bits per heavy atom. The highest BCUT2D eigenvalue weighted by Crippen LogP contribution is 2.24. The zero-order valence-corrected chi connectivity index (χ0v) is 12.4. The summed E-state index contributed by atoms with van der Waals surface area (Å²) in [6.07, 6.45) is 3.65. The fraction of sp³-hybridized carbons (Fsp3) is 0.438. The molecule has 21 heavy (non-hydrogen) atoms. The van der Waals surface area contributed by atoms with Crippen molar-refractivity contribution in [2.45, 2.75) is 32.7 Å². The van der Waals surface area contributed by atoms with Crippen LogP contribution in [0.25, 0.3) is 11.4 Å². The molecule has 1 N–H and O–H groups in total. The zero-order chi connectivity index (χ0) is 14.8. The van der Waals surface area contributed by atoms with E-state index < -0.39 is 0 Å². The van der Waals surface area contributed by atoms with Crippen LogP contribution in [0.5, 0.6) is 0 Å². The van der Waals surface area contributed by atoms with Gasteiger partial charge in [0.05, 0.1) is 0 Å². The Kier molecular flexibility index (Phi) is 3.73. The molecular formula is C16H20N4O. The first-order chi connectivity index (χ1) is 10.1. The second-order valence-corrected chi connectivity index (χ2v) is 5.89. The molecule has 1 amide bonds. The largest absolute Gasteiger partial charge is 0.336 e. The van der Waals surface area contributed by atoms with Crippen LogP contribution in [-0.2, 0) is 0 Å². The number of nitrogens with zero attached hydrogens (tertiary/aromatic N) is 3.